The second-order valence-electron chi connectivity index (χ2n) is 4.83. The molecule has 0 heterocycles. The van der Waals surface area contributed by atoms with Gasteiger partial charge < -0.3 is 5.32 Å². The van der Waals surface area contributed by atoms with Crippen molar-refractivity contribution in [2.45, 2.75) is 52.5 Å². The number of carbonyl (C=O) groups excluding carboxylic acids is 1. The second-order valence-corrected chi connectivity index (χ2v) is 4.83. The summed E-state index contributed by atoms with van der Waals surface area (Å²) in [5.74, 6) is -0.555. The molecule has 1 unspecified atom stereocenters. The van der Waals surface area contributed by atoms with Gasteiger partial charge in [-0.25, -0.2) is 4.39 Å². The third kappa shape index (κ3) is 4.47. The lowest BCUT2D eigenvalue weighted by molar-refractivity contribution is 0.0937. The lowest BCUT2D eigenvalue weighted by Gasteiger charge is -2.14. The second kappa shape index (κ2) is 7.14. The summed E-state index contributed by atoms with van der Waals surface area (Å²) in [5.41, 5.74) is 1.23. The highest BCUT2D eigenvalue weighted by Gasteiger charge is 2.12. The van der Waals surface area contributed by atoms with E-state index in [1.807, 2.05) is 13.8 Å². The van der Waals surface area contributed by atoms with Crippen LogP contribution in [-0.2, 0) is 0 Å². The minimum absolute atomic E-state index is 0.131. The SMILES string of the molecule is CCCCCC(C)NC(=O)c1cc(F)ccc1C. The minimum Gasteiger partial charge on any atom is -0.350 e. The van der Waals surface area contributed by atoms with Crippen molar-refractivity contribution in [3.63, 3.8) is 0 Å². The van der Waals surface area contributed by atoms with Crippen molar-refractivity contribution >= 4 is 5.91 Å². The van der Waals surface area contributed by atoms with Crippen LogP contribution >= 0.6 is 0 Å². The maximum atomic E-state index is 13.1. The molecule has 0 radical (unpaired) electrons. The van der Waals surface area contributed by atoms with Crippen molar-refractivity contribution in [1.29, 1.82) is 0 Å². The molecule has 0 saturated heterocycles. The highest BCUT2D eigenvalue weighted by Crippen LogP contribution is 2.11. The number of halogens is 1. The first-order valence-electron chi connectivity index (χ1n) is 6.61. The van der Waals surface area contributed by atoms with Crippen molar-refractivity contribution in [3.8, 4) is 0 Å². The predicted molar refractivity (Wildman–Crippen MR) is 72.2 cm³/mol. The molecule has 1 atom stereocenters. The molecule has 0 spiro atoms. The molecule has 0 aromatic heterocycles. The van der Waals surface area contributed by atoms with Crippen molar-refractivity contribution < 1.29 is 9.18 Å². The van der Waals surface area contributed by atoms with Gasteiger partial charge in [0, 0.05) is 11.6 Å². The van der Waals surface area contributed by atoms with Crippen LogP contribution in [0.4, 0.5) is 4.39 Å². The van der Waals surface area contributed by atoms with Gasteiger partial charge >= 0.3 is 0 Å². The number of hydrogen-bond donors (Lipinski definition) is 1. The third-order valence-electron chi connectivity index (χ3n) is 3.06. The summed E-state index contributed by atoms with van der Waals surface area (Å²) in [6.07, 6.45) is 4.43. The van der Waals surface area contributed by atoms with Crippen LogP contribution in [0.1, 0.15) is 55.5 Å². The van der Waals surface area contributed by atoms with E-state index in [2.05, 4.69) is 12.2 Å². The van der Waals surface area contributed by atoms with Gasteiger partial charge in [0.05, 0.1) is 0 Å². The van der Waals surface area contributed by atoms with Gasteiger partial charge in [0.2, 0.25) is 0 Å². The highest BCUT2D eigenvalue weighted by molar-refractivity contribution is 5.95. The van der Waals surface area contributed by atoms with E-state index in [1.165, 1.54) is 25.0 Å². The fourth-order valence-electron chi connectivity index (χ4n) is 1.91. The molecule has 0 aliphatic carbocycles. The topological polar surface area (TPSA) is 29.1 Å². The van der Waals surface area contributed by atoms with Crippen LogP contribution in [-0.4, -0.2) is 11.9 Å². The van der Waals surface area contributed by atoms with Crippen molar-refractivity contribution in [3.05, 3.63) is 35.1 Å². The highest BCUT2D eigenvalue weighted by atomic mass is 19.1. The third-order valence-corrected chi connectivity index (χ3v) is 3.06. The zero-order valence-corrected chi connectivity index (χ0v) is 11.4. The van der Waals surface area contributed by atoms with Crippen LogP contribution < -0.4 is 5.32 Å². The Kier molecular flexibility index (Phi) is 5.83. The molecule has 1 amide bonds. The fourth-order valence-corrected chi connectivity index (χ4v) is 1.91. The summed E-state index contributed by atoms with van der Waals surface area (Å²) >= 11 is 0. The number of aryl methyl sites for hydroxylation is 1. The quantitative estimate of drug-likeness (QED) is 0.765. The normalized spacial score (nSPS) is 12.2. The molecule has 3 heteroatoms. The summed E-state index contributed by atoms with van der Waals surface area (Å²) in [4.78, 5) is 12.0. The van der Waals surface area contributed by atoms with Gasteiger partial charge in [0.1, 0.15) is 5.82 Å². The number of carbonyl (C=O) groups is 1. The Morgan fingerprint density at radius 2 is 2.11 bits per heavy atom. The maximum absolute atomic E-state index is 13.1. The molecular weight excluding hydrogens is 229 g/mol. The molecule has 100 valence electrons. The molecule has 18 heavy (non-hydrogen) atoms. The lowest BCUT2D eigenvalue weighted by Crippen LogP contribution is -2.33. The van der Waals surface area contributed by atoms with Gasteiger partial charge in [0.15, 0.2) is 0 Å². The van der Waals surface area contributed by atoms with Gasteiger partial charge in [0.25, 0.3) is 5.91 Å². The standard InChI is InChI=1S/C15H22FNO/c1-4-5-6-7-12(3)17-15(18)14-10-13(16)9-8-11(14)2/h8-10,12H,4-7H2,1-3H3,(H,17,18). The summed E-state index contributed by atoms with van der Waals surface area (Å²) in [7, 11) is 0. The molecule has 0 aliphatic heterocycles. The van der Waals surface area contributed by atoms with Crippen LogP contribution in [0.5, 0.6) is 0 Å². The van der Waals surface area contributed by atoms with Crippen molar-refractivity contribution in [2.75, 3.05) is 0 Å². The Balaban J connectivity index is 2.56. The van der Waals surface area contributed by atoms with Crippen LogP contribution in [0.2, 0.25) is 0 Å². The summed E-state index contributed by atoms with van der Waals surface area (Å²) in [6.45, 7) is 5.96. The Morgan fingerprint density at radius 1 is 1.39 bits per heavy atom. The van der Waals surface area contributed by atoms with E-state index < -0.39 is 0 Å². The molecule has 1 aromatic carbocycles. The van der Waals surface area contributed by atoms with Gasteiger partial charge in [-0.2, -0.15) is 0 Å². The molecule has 0 saturated carbocycles. The molecule has 1 N–H and O–H groups in total. The first-order chi connectivity index (χ1) is 8.54. The summed E-state index contributed by atoms with van der Waals surface area (Å²) < 4.78 is 13.1. The van der Waals surface area contributed by atoms with Crippen molar-refractivity contribution in [1.82, 2.24) is 5.32 Å². The largest absolute Gasteiger partial charge is 0.350 e. The van der Waals surface area contributed by atoms with E-state index in [0.717, 1.165) is 18.4 Å². The lowest BCUT2D eigenvalue weighted by atomic mass is 10.1. The summed E-state index contributed by atoms with van der Waals surface area (Å²) in [6, 6.07) is 4.43. The van der Waals surface area contributed by atoms with Gasteiger partial charge in [-0.3, -0.25) is 4.79 Å². The minimum atomic E-state index is -0.371. The van der Waals surface area contributed by atoms with Gasteiger partial charge in [-0.05, 0) is 38.0 Å². The first-order valence-corrected chi connectivity index (χ1v) is 6.61. The summed E-state index contributed by atoms with van der Waals surface area (Å²) in [5, 5.41) is 2.92. The average molecular weight is 251 g/mol. The number of unbranched alkanes of at least 4 members (excludes halogenated alkanes) is 2. The van der Waals surface area contributed by atoms with Gasteiger partial charge in [-0.1, -0.05) is 32.3 Å². The molecule has 0 fully saturated rings. The van der Waals surface area contributed by atoms with Crippen LogP contribution in [0.15, 0.2) is 18.2 Å². The smallest absolute Gasteiger partial charge is 0.251 e. The Labute approximate surface area is 109 Å². The van der Waals surface area contributed by atoms with E-state index >= 15 is 0 Å². The van der Waals surface area contributed by atoms with E-state index in [-0.39, 0.29) is 17.8 Å². The van der Waals surface area contributed by atoms with Gasteiger partial charge in [-0.15, -0.1) is 0 Å². The average Bonchev–Trinajstić information content (AvgIpc) is 2.32. The van der Waals surface area contributed by atoms with Crippen LogP contribution in [0.3, 0.4) is 0 Å². The van der Waals surface area contributed by atoms with E-state index in [9.17, 15) is 9.18 Å². The number of amides is 1. The van der Waals surface area contributed by atoms with E-state index in [4.69, 9.17) is 0 Å². The van der Waals surface area contributed by atoms with Crippen molar-refractivity contribution in [2.24, 2.45) is 0 Å². The Hall–Kier alpha value is -1.38. The maximum Gasteiger partial charge on any atom is 0.251 e. The number of hydrogen-bond acceptors (Lipinski definition) is 1. The zero-order valence-electron chi connectivity index (χ0n) is 11.4. The van der Waals surface area contributed by atoms with Crippen LogP contribution in [0, 0.1) is 12.7 Å². The monoisotopic (exact) mass is 251 g/mol. The number of rotatable bonds is 6. The molecule has 0 aliphatic rings. The predicted octanol–water partition coefficient (Wildman–Crippen LogP) is 3.83. The van der Waals surface area contributed by atoms with E-state index in [0.29, 0.717) is 5.56 Å². The van der Waals surface area contributed by atoms with E-state index in [1.54, 1.807) is 6.07 Å². The molecular formula is C15H22FNO. The molecule has 1 rings (SSSR count). The number of nitrogens with one attached hydrogen (secondary N) is 1. The zero-order chi connectivity index (χ0) is 13.5. The first kappa shape index (κ1) is 14.7. The number of benzene rings is 1. The molecule has 0 bridgehead atoms. The molecule has 2 nitrogen and oxygen atoms in total. The van der Waals surface area contributed by atoms with Crippen LogP contribution in [0.25, 0.3) is 0 Å². The Bertz CT molecular complexity index is 403. The Morgan fingerprint density at radius 3 is 2.78 bits per heavy atom. The molecule has 1 aromatic rings. The fraction of sp³-hybridized carbons (Fsp3) is 0.533.